The molecule has 0 aromatic heterocycles. The lowest BCUT2D eigenvalue weighted by atomic mass is 9.84. The summed E-state index contributed by atoms with van der Waals surface area (Å²) in [7, 11) is 0. The molecule has 0 amide bonds. The number of rotatable bonds is 4. The smallest absolute Gasteiger partial charge is 0.337 e. The molecule has 2 N–H and O–H groups in total. The second-order valence-electron chi connectivity index (χ2n) is 6.27. The Labute approximate surface area is 118 Å². The zero-order chi connectivity index (χ0) is 14.3. The quantitative estimate of drug-likeness (QED) is 0.881. The summed E-state index contributed by atoms with van der Waals surface area (Å²) < 4.78 is 13.2. The lowest BCUT2D eigenvalue weighted by molar-refractivity contribution is 0.0697. The van der Waals surface area contributed by atoms with Crippen molar-refractivity contribution in [2.45, 2.75) is 38.6 Å². The van der Waals surface area contributed by atoms with E-state index in [2.05, 4.69) is 12.2 Å². The highest BCUT2D eigenvalue weighted by atomic mass is 19.1. The fraction of sp³-hybridized carbons (Fsp3) is 0.562. The van der Waals surface area contributed by atoms with Crippen LogP contribution in [0.25, 0.3) is 0 Å². The number of carboxylic acid groups (broad SMARTS) is 1. The number of hydrogen-bond acceptors (Lipinski definition) is 2. The zero-order valence-electron chi connectivity index (χ0n) is 11.6. The first-order chi connectivity index (χ1) is 9.54. The summed E-state index contributed by atoms with van der Waals surface area (Å²) in [5.41, 5.74) is 0.536. The van der Waals surface area contributed by atoms with E-state index in [1.165, 1.54) is 37.8 Å². The van der Waals surface area contributed by atoms with Crippen molar-refractivity contribution in [3.63, 3.8) is 0 Å². The van der Waals surface area contributed by atoms with Crippen LogP contribution in [0, 0.1) is 23.6 Å². The van der Waals surface area contributed by atoms with E-state index in [-0.39, 0.29) is 11.6 Å². The minimum absolute atomic E-state index is 0.0139. The fourth-order valence-electron chi connectivity index (χ4n) is 4.08. The summed E-state index contributed by atoms with van der Waals surface area (Å²) in [6.07, 6.45) is 5.22. The molecule has 1 aromatic rings. The van der Waals surface area contributed by atoms with Crippen LogP contribution in [0.15, 0.2) is 18.2 Å². The van der Waals surface area contributed by atoms with Gasteiger partial charge in [0.25, 0.3) is 0 Å². The fourth-order valence-corrected chi connectivity index (χ4v) is 4.08. The van der Waals surface area contributed by atoms with Crippen LogP contribution in [0.1, 0.15) is 43.0 Å². The number of halogens is 1. The second kappa shape index (κ2) is 5.08. The molecule has 1 aromatic carbocycles. The highest BCUT2D eigenvalue weighted by molar-refractivity contribution is 5.94. The van der Waals surface area contributed by atoms with Gasteiger partial charge in [-0.25, -0.2) is 9.18 Å². The second-order valence-corrected chi connectivity index (χ2v) is 6.27. The molecule has 108 valence electrons. The molecule has 4 atom stereocenters. The minimum Gasteiger partial charge on any atom is -0.478 e. The van der Waals surface area contributed by atoms with E-state index in [1.807, 2.05) is 0 Å². The van der Waals surface area contributed by atoms with E-state index < -0.39 is 11.8 Å². The molecule has 0 saturated heterocycles. The molecular formula is C16H20FNO2. The van der Waals surface area contributed by atoms with Crippen molar-refractivity contribution in [1.82, 2.24) is 0 Å². The third kappa shape index (κ3) is 2.39. The largest absolute Gasteiger partial charge is 0.478 e. The van der Waals surface area contributed by atoms with Crippen LogP contribution in [-0.4, -0.2) is 17.1 Å². The van der Waals surface area contributed by atoms with Crippen molar-refractivity contribution >= 4 is 11.7 Å². The van der Waals surface area contributed by atoms with Gasteiger partial charge in [0.2, 0.25) is 0 Å². The van der Waals surface area contributed by atoms with E-state index in [4.69, 9.17) is 5.11 Å². The molecule has 0 spiro atoms. The van der Waals surface area contributed by atoms with Crippen molar-refractivity contribution in [2.75, 3.05) is 5.32 Å². The standard InChI is InChI=1S/C16H20FNO2/c1-9(13-7-10-2-3-11(13)6-10)18-15-5-4-12(17)8-14(15)16(19)20/h4-5,8-11,13,18H,2-3,6-7H2,1H3,(H,19,20). The molecular weight excluding hydrogens is 257 g/mol. The summed E-state index contributed by atoms with van der Waals surface area (Å²) in [5.74, 6) is 0.644. The summed E-state index contributed by atoms with van der Waals surface area (Å²) in [6.45, 7) is 2.11. The van der Waals surface area contributed by atoms with Gasteiger partial charge in [-0.3, -0.25) is 0 Å². The molecule has 2 bridgehead atoms. The highest BCUT2D eigenvalue weighted by Crippen LogP contribution is 2.49. The molecule has 0 aliphatic heterocycles. The normalized spacial score (nSPS) is 29.4. The number of aromatic carboxylic acids is 1. The van der Waals surface area contributed by atoms with Gasteiger partial charge in [0, 0.05) is 11.7 Å². The molecule has 2 fully saturated rings. The summed E-state index contributed by atoms with van der Waals surface area (Å²) in [6, 6.07) is 4.15. The zero-order valence-corrected chi connectivity index (χ0v) is 11.6. The first kappa shape index (κ1) is 13.4. The van der Waals surface area contributed by atoms with Crippen LogP contribution >= 0.6 is 0 Å². The maximum absolute atomic E-state index is 13.2. The summed E-state index contributed by atoms with van der Waals surface area (Å²) >= 11 is 0. The Morgan fingerprint density at radius 3 is 2.80 bits per heavy atom. The van der Waals surface area contributed by atoms with Crippen LogP contribution in [0.3, 0.4) is 0 Å². The molecule has 4 heteroatoms. The Kier molecular flexibility index (Phi) is 3.40. The Morgan fingerprint density at radius 2 is 2.20 bits per heavy atom. The van der Waals surface area contributed by atoms with Gasteiger partial charge >= 0.3 is 5.97 Å². The molecule has 2 aliphatic rings. The Hall–Kier alpha value is -1.58. The van der Waals surface area contributed by atoms with E-state index in [0.29, 0.717) is 11.6 Å². The molecule has 2 aliphatic carbocycles. The maximum Gasteiger partial charge on any atom is 0.337 e. The number of benzene rings is 1. The number of carbonyl (C=O) groups is 1. The molecule has 0 radical (unpaired) electrons. The van der Waals surface area contributed by atoms with Crippen molar-refractivity contribution < 1.29 is 14.3 Å². The number of anilines is 1. The topological polar surface area (TPSA) is 49.3 Å². The SMILES string of the molecule is CC(Nc1ccc(F)cc1C(=O)O)C1CC2CCC1C2. The first-order valence-corrected chi connectivity index (χ1v) is 7.34. The molecule has 0 heterocycles. The van der Waals surface area contributed by atoms with Crippen LogP contribution in [0.5, 0.6) is 0 Å². The van der Waals surface area contributed by atoms with E-state index in [9.17, 15) is 9.18 Å². The molecule has 3 rings (SSSR count). The van der Waals surface area contributed by atoms with Crippen molar-refractivity contribution in [3.05, 3.63) is 29.6 Å². The third-order valence-electron chi connectivity index (χ3n) is 5.03. The number of carboxylic acids is 1. The van der Waals surface area contributed by atoms with Gasteiger partial charge in [-0.15, -0.1) is 0 Å². The first-order valence-electron chi connectivity index (χ1n) is 7.34. The van der Waals surface area contributed by atoms with Crippen LogP contribution in [0.2, 0.25) is 0 Å². The molecule has 3 nitrogen and oxygen atoms in total. The van der Waals surface area contributed by atoms with E-state index in [0.717, 1.165) is 17.9 Å². The van der Waals surface area contributed by atoms with Crippen molar-refractivity contribution in [1.29, 1.82) is 0 Å². The minimum atomic E-state index is -1.09. The average Bonchev–Trinajstić information content (AvgIpc) is 3.03. The van der Waals surface area contributed by atoms with Crippen LogP contribution in [-0.2, 0) is 0 Å². The molecule has 2 saturated carbocycles. The van der Waals surface area contributed by atoms with Gasteiger partial charge in [-0.05, 0) is 62.1 Å². The number of nitrogens with one attached hydrogen (secondary N) is 1. The van der Waals surface area contributed by atoms with Gasteiger partial charge in [0.15, 0.2) is 0 Å². The Morgan fingerprint density at radius 1 is 1.40 bits per heavy atom. The van der Waals surface area contributed by atoms with Gasteiger partial charge in [-0.2, -0.15) is 0 Å². The predicted octanol–water partition coefficient (Wildman–Crippen LogP) is 3.76. The number of hydrogen-bond donors (Lipinski definition) is 2. The predicted molar refractivity (Wildman–Crippen MR) is 75.4 cm³/mol. The van der Waals surface area contributed by atoms with Crippen LogP contribution < -0.4 is 5.32 Å². The molecule has 20 heavy (non-hydrogen) atoms. The average molecular weight is 277 g/mol. The third-order valence-corrected chi connectivity index (χ3v) is 5.03. The van der Waals surface area contributed by atoms with Gasteiger partial charge in [0.1, 0.15) is 5.82 Å². The number of fused-ring (bicyclic) bond motifs is 2. The van der Waals surface area contributed by atoms with Gasteiger partial charge in [0.05, 0.1) is 5.56 Å². The van der Waals surface area contributed by atoms with Crippen molar-refractivity contribution in [3.8, 4) is 0 Å². The summed E-state index contributed by atoms with van der Waals surface area (Å²) in [5, 5.41) is 12.5. The van der Waals surface area contributed by atoms with Gasteiger partial charge < -0.3 is 10.4 Å². The Bertz CT molecular complexity index is 531. The van der Waals surface area contributed by atoms with Gasteiger partial charge in [-0.1, -0.05) is 6.42 Å². The monoisotopic (exact) mass is 277 g/mol. The van der Waals surface area contributed by atoms with Crippen LogP contribution in [0.4, 0.5) is 10.1 Å². The summed E-state index contributed by atoms with van der Waals surface area (Å²) in [4.78, 5) is 11.2. The lowest BCUT2D eigenvalue weighted by Crippen LogP contribution is -2.30. The lowest BCUT2D eigenvalue weighted by Gasteiger charge is -2.29. The van der Waals surface area contributed by atoms with E-state index >= 15 is 0 Å². The van der Waals surface area contributed by atoms with E-state index in [1.54, 1.807) is 0 Å². The maximum atomic E-state index is 13.2. The molecule has 4 unspecified atom stereocenters. The Balaban J connectivity index is 1.76. The van der Waals surface area contributed by atoms with Crippen molar-refractivity contribution in [2.24, 2.45) is 17.8 Å². The highest BCUT2D eigenvalue weighted by Gasteiger charge is 2.41.